The first-order valence-corrected chi connectivity index (χ1v) is 9.25. The number of amides is 1. The minimum atomic E-state index is -0.776. The summed E-state index contributed by atoms with van der Waals surface area (Å²) < 4.78 is 6.32. The fourth-order valence-electron chi connectivity index (χ4n) is 3.20. The van der Waals surface area contributed by atoms with Gasteiger partial charge in [0.2, 0.25) is 0 Å². The Morgan fingerprint density at radius 1 is 1.29 bits per heavy atom. The molecule has 0 radical (unpaired) electrons. The van der Waals surface area contributed by atoms with Crippen molar-refractivity contribution in [1.29, 1.82) is 0 Å². The number of benzene rings is 1. The van der Waals surface area contributed by atoms with Gasteiger partial charge in [0.1, 0.15) is 0 Å². The molecule has 1 fully saturated rings. The summed E-state index contributed by atoms with van der Waals surface area (Å²) in [5, 5.41) is 0. The summed E-state index contributed by atoms with van der Waals surface area (Å²) in [6, 6.07) is 5.51. The zero-order valence-electron chi connectivity index (χ0n) is 14.0. The quantitative estimate of drug-likeness (QED) is 0.793. The first-order chi connectivity index (χ1) is 11.6. The highest BCUT2D eigenvalue weighted by molar-refractivity contribution is 7.16. The van der Waals surface area contributed by atoms with Crippen LogP contribution in [0, 0.1) is 0 Å². The fourth-order valence-corrected chi connectivity index (χ4v) is 3.91. The predicted molar refractivity (Wildman–Crippen MR) is 94.1 cm³/mol. The van der Waals surface area contributed by atoms with Gasteiger partial charge in [-0.15, -0.1) is 11.3 Å². The van der Waals surface area contributed by atoms with Crippen LogP contribution in [0.5, 0.6) is 0 Å². The van der Waals surface area contributed by atoms with Crippen molar-refractivity contribution in [2.24, 2.45) is 0 Å². The maximum absolute atomic E-state index is 12.5. The Balaban J connectivity index is 1.63. The van der Waals surface area contributed by atoms with Gasteiger partial charge in [0.25, 0.3) is 5.91 Å². The number of rotatable bonds is 4. The van der Waals surface area contributed by atoms with E-state index in [1.807, 2.05) is 7.05 Å². The Bertz CT molecular complexity index is 737. The van der Waals surface area contributed by atoms with E-state index in [4.69, 9.17) is 4.74 Å². The van der Waals surface area contributed by atoms with Gasteiger partial charge in [-0.1, -0.05) is 19.3 Å². The lowest BCUT2D eigenvalue weighted by Gasteiger charge is -2.32. The van der Waals surface area contributed by atoms with Crippen LogP contribution in [0.4, 0.5) is 0 Å². The molecule has 0 N–H and O–H groups in total. The van der Waals surface area contributed by atoms with Crippen molar-refractivity contribution >= 4 is 33.4 Å². The molecule has 1 heterocycles. The molecule has 1 aliphatic carbocycles. The van der Waals surface area contributed by atoms with Crippen LogP contribution in [0.2, 0.25) is 0 Å². The second kappa shape index (κ2) is 7.30. The molecule has 5 nitrogen and oxygen atoms in total. The molecule has 1 aliphatic rings. The van der Waals surface area contributed by atoms with Crippen LogP contribution in [0.1, 0.15) is 49.4 Å². The second-order valence-electron chi connectivity index (χ2n) is 6.32. The predicted octanol–water partition coefficient (Wildman–Crippen LogP) is 3.63. The Morgan fingerprint density at radius 2 is 2.04 bits per heavy atom. The first kappa shape index (κ1) is 16.9. The van der Waals surface area contributed by atoms with E-state index in [0.717, 1.165) is 35.9 Å². The van der Waals surface area contributed by atoms with Crippen LogP contribution < -0.4 is 0 Å². The molecule has 128 valence electrons. The van der Waals surface area contributed by atoms with Crippen LogP contribution in [0.3, 0.4) is 0 Å². The van der Waals surface area contributed by atoms with E-state index in [9.17, 15) is 9.59 Å². The van der Waals surface area contributed by atoms with Crippen molar-refractivity contribution in [3.8, 4) is 0 Å². The van der Waals surface area contributed by atoms with Crippen molar-refractivity contribution in [1.82, 2.24) is 9.88 Å². The van der Waals surface area contributed by atoms with E-state index in [1.165, 1.54) is 17.8 Å². The second-order valence-corrected chi connectivity index (χ2v) is 7.21. The minimum absolute atomic E-state index is 0.130. The number of likely N-dealkylation sites (N-methyl/N-ethyl adjacent to an activating group) is 1. The number of esters is 1. The van der Waals surface area contributed by atoms with E-state index < -0.39 is 12.1 Å². The monoisotopic (exact) mass is 346 g/mol. The third-order valence-electron chi connectivity index (χ3n) is 4.67. The molecule has 0 bridgehead atoms. The van der Waals surface area contributed by atoms with Gasteiger partial charge in [-0.2, -0.15) is 0 Å². The van der Waals surface area contributed by atoms with E-state index in [1.54, 1.807) is 35.5 Å². The molecular weight excluding hydrogens is 324 g/mol. The van der Waals surface area contributed by atoms with Crippen molar-refractivity contribution < 1.29 is 14.3 Å². The SMILES string of the molecule is C[C@@H](OC(=O)c1ccc2ncsc2c1)C(=O)N(C)C1CCCCC1. The normalized spacial score (nSPS) is 16.8. The molecule has 0 aliphatic heterocycles. The standard InChI is InChI=1S/C18H22N2O3S/c1-12(17(21)20(2)14-6-4-3-5-7-14)23-18(22)13-8-9-15-16(10-13)24-11-19-15/h8-12,14H,3-7H2,1-2H3/t12-/m1/s1. The molecular formula is C18H22N2O3S. The highest BCUT2D eigenvalue weighted by atomic mass is 32.1. The van der Waals surface area contributed by atoms with Crippen molar-refractivity contribution in [2.45, 2.75) is 51.2 Å². The molecule has 24 heavy (non-hydrogen) atoms. The first-order valence-electron chi connectivity index (χ1n) is 8.37. The Morgan fingerprint density at radius 3 is 2.79 bits per heavy atom. The molecule has 0 saturated heterocycles. The summed E-state index contributed by atoms with van der Waals surface area (Å²) in [6.45, 7) is 1.64. The average molecular weight is 346 g/mol. The molecule has 0 unspecified atom stereocenters. The van der Waals surface area contributed by atoms with E-state index in [-0.39, 0.29) is 11.9 Å². The van der Waals surface area contributed by atoms with Crippen molar-refractivity contribution in [3.63, 3.8) is 0 Å². The Kier molecular flexibility index (Phi) is 5.14. The van der Waals surface area contributed by atoms with E-state index in [0.29, 0.717) is 5.56 Å². The van der Waals surface area contributed by atoms with Crippen molar-refractivity contribution in [3.05, 3.63) is 29.3 Å². The fraction of sp³-hybridized carbons (Fsp3) is 0.500. The molecule has 1 aromatic carbocycles. The highest BCUT2D eigenvalue weighted by Gasteiger charge is 2.28. The summed E-state index contributed by atoms with van der Waals surface area (Å²) in [7, 11) is 1.81. The maximum atomic E-state index is 12.5. The van der Waals surface area contributed by atoms with Gasteiger partial charge < -0.3 is 9.64 Å². The maximum Gasteiger partial charge on any atom is 0.338 e. The highest BCUT2D eigenvalue weighted by Crippen LogP contribution is 2.23. The summed E-state index contributed by atoms with van der Waals surface area (Å²) in [5.74, 6) is -0.600. The zero-order chi connectivity index (χ0) is 17.1. The van der Waals surface area contributed by atoms with Gasteiger partial charge in [0.05, 0.1) is 21.3 Å². The number of carbonyl (C=O) groups excluding carboxylic acids is 2. The Labute approximate surface area is 145 Å². The van der Waals surface area contributed by atoms with Crippen LogP contribution in [0.15, 0.2) is 23.7 Å². The lowest BCUT2D eigenvalue weighted by Crippen LogP contribution is -2.44. The van der Waals surface area contributed by atoms with Crippen LogP contribution in [0.25, 0.3) is 10.2 Å². The smallest absolute Gasteiger partial charge is 0.338 e. The third kappa shape index (κ3) is 3.59. The average Bonchev–Trinajstić information content (AvgIpc) is 3.08. The number of aromatic nitrogens is 1. The summed E-state index contributed by atoms with van der Waals surface area (Å²) in [6.07, 6.45) is 4.84. The number of thiazole rings is 1. The van der Waals surface area contributed by atoms with Crippen molar-refractivity contribution in [2.75, 3.05) is 7.05 Å². The third-order valence-corrected chi connectivity index (χ3v) is 5.46. The summed E-state index contributed by atoms with van der Waals surface area (Å²) in [5.41, 5.74) is 3.05. The van der Waals surface area contributed by atoms with Gasteiger partial charge in [-0.05, 0) is 38.0 Å². The lowest BCUT2D eigenvalue weighted by atomic mass is 9.94. The van der Waals surface area contributed by atoms with Gasteiger partial charge in [0, 0.05) is 13.1 Å². The van der Waals surface area contributed by atoms with Gasteiger partial charge in [-0.25, -0.2) is 9.78 Å². The molecule has 1 saturated carbocycles. The topological polar surface area (TPSA) is 59.5 Å². The number of carbonyl (C=O) groups is 2. The number of ether oxygens (including phenoxy) is 1. The largest absolute Gasteiger partial charge is 0.449 e. The molecule has 1 amide bonds. The van der Waals surface area contributed by atoms with E-state index >= 15 is 0 Å². The van der Waals surface area contributed by atoms with E-state index in [2.05, 4.69) is 4.98 Å². The molecule has 3 rings (SSSR count). The van der Waals surface area contributed by atoms with Gasteiger partial charge in [0.15, 0.2) is 6.10 Å². The number of nitrogens with zero attached hydrogens (tertiary/aromatic N) is 2. The molecule has 0 spiro atoms. The molecule has 1 atom stereocenters. The zero-order valence-corrected chi connectivity index (χ0v) is 14.8. The minimum Gasteiger partial charge on any atom is -0.449 e. The van der Waals surface area contributed by atoms with Crippen LogP contribution in [-0.2, 0) is 9.53 Å². The lowest BCUT2D eigenvalue weighted by molar-refractivity contribution is -0.141. The molecule has 6 heteroatoms. The molecule has 2 aromatic rings. The number of hydrogen-bond acceptors (Lipinski definition) is 5. The van der Waals surface area contributed by atoms with Crippen LogP contribution in [-0.4, -0.2) is 41.0 Å². The summed E-state index contributed by atoms with van der Waals surface area (Å²) in [4.78, 5) is 30.8. The van der Waals surface area contributed by atoms with Gasteiger partial charge >= 0.3 is 5.97 Å². The Hall–Kier alpha value is -1.95. The van der Waals surface area contributed by atoms with Crippen LogP contribution >= 0.6 is 11.3 Å². The van der Waals surface area contributed by atoms with Gasteiger partial charge in [-0.3, -0.25) is 4.79 Å². The summed E-state index contributed by atoms with van der Waals surface area (Å²) >= 11 is 1.47. The number of fused-ring (bicyclic) bond motifs is 1. The molecule has 1 aromatic heterocycles. The number of hydrogen-bond donors (Lipinski definition) is 0.